The molecule has 0 saturated heterocycles. The molecule has 0 saturated carbocycles. The van der Waals surface area contributed by atoms with Crippen molar-refractivity contribution in [3.63, 3.8) is 0 Å². The van der Waals surface area contributed by atoms with Gasteiger partial charge in [0.05, 0.1) is 13.2 Å². The molecule has 29 heavy (non-hydrogen) atoms. The van der Waals surface area contributed by atoms with Crippen LogP contribution in [0.15, 0.2) is 48.5 Å². The molecule has 0 aliphatic carbocycles. The van der Waals surface area contributed by atoms with Crippen LogP contribution in [0.3, 0.4) is 0 Å². The SMILES string of the molecule is Cc1cc(C)c2cc1OCCCCCOc1cc(c(C)cc1C)-c1ccc-2cc1. The number of hydrogen-bond acceptors (Lipinski definition) is 2. The molecule has 0 fully saturated rings. The van der Waals surface area contributed by atoms with Crippen LogP contribution < -0.4 is 9.47 Å². The molecule has 150 valence electrons. The van der Waals surface area contributed by atoms with E-state index in [-0.39, 0.29) is 0 Å². The van der Waals surface area contributed by atoms with E-state index in [1.165, 1.54) is 44.5 Å². The van der Waals surface area contributed by atoms with Gasteiger partial charge in [-0.15, -0.1) is 0 Å². The van der Waals surface area contributed by atoms with Crippen LogP contribution in [0, 0.1) is 27.7 Å². The standard InChI is InChI=1S/C27H30O2/c1-18-14-20(3)26-16-24(18)22-8-10-23(11-9-22)25-17-27(21(4)15-19(25)2)29-13-7-5-6-12-28-26/h8-11,14-17H,5-7,12-13H2,1-4H3. The molecular formula is C27H30O2. The number of hydrogen-bond donors (Lipinski definition) is 0. The predicted molar refractivity (Wildman–Crippen MR) is 121 cm³/mol. The summed E-state index contributed by atoms with van der Waals surface area (Å²) in [6.45, 7) is 10.1. The topological polar surface area (TPSA) is 18.5 Å². The van der Waals surface area contributed by atoms with Crippen LogP contribution >= 0.6 is 0 Å². The molecular weight excluding hydrogens is 356 g/mol. The fourth-order valence-electron chi connectivity index (χ4n) is 4.17. The van der Waals surface area contributed by atoms with E-state index in [1.807, 2.05) is 0 Å². The van der Waals surface area contributed by atoms with Gasteiger partial charge in [-0.25, -0.2) is 0 Å². The van der Waals surface area contributed by atoms with Gasteiger partial charge in [0.25, 0.3) is 0 Å². The van der Waals surface area contributed by atoms with E-state index in [0.29, 0.717) is 0 Å². The first-order chi connectivity index (χ1) is 14.0. The lowest BCUT2D eigenvalue weighted by molar-refractivity contribution is 0.278. The van der Waals surface area contributed by atoms with E-state index in [4.69, 9.17) is 9.47 Å². The average Bonchev–Trinajstić information content (AvgIpc) is 2.70. The highest BCUT2D eigenvalue weighted by Gasteiger charge is 2.11. The number of fused-ring (bicyclic) bond motifs is 8. The number of ether oxygens (including phenoxy) is 2. The van der Waals surface area contributed by atoms with Crippen molar-refractivity contribution in [2.24, 2.45) is 0 Å². The van der Waals surface area contributed by atoms with E-state index in [2.05, 4.69) is 76.2 Å². The Hall–Kier alpha value is -2.74. The van der Waals surface area contributed by atoms with Crippen molar-refractivity contribution in [1.29, 1.82) is 0 Å². The average molecular weight is 387 g/mol. The second kappa shape index (κ2) is 8.32. The molecule has 3 aromatic rings. The van der Waals surface area contributed by atoms with E-state index in [9.17, 15) is 0 Å². The van der Waals surface area contributed by atoms with Gasteiger partial charge in [-0.1, -0.05) is 36.4 Å². The summed E-state index contributed by atoms with van der Waals surface area (Å²) in [4.78, 5) is 0. The highest BCUT2D eigenvalue weighted by molar-refractivity contribution is 5.75. The maximum atomic E-state index is 6.13. The van der Waals surface area contributed by atoms with Crippen molar-refractivity contribution in [3.05, 3.63) is 70.8 Å². The Morgan fingerprint density at radius 2 is 0.931 bits per heavy atom. The van der Waals surface area contributed by atoms with Gasteiger partial charge in [-0.3, -0.25) is 0 Å². The highest BCUT2D eigenvalue weighted by atomic mass is 16.5. The summed E-state index contributed by atoms with van der Waals surface area (Å²) >= 11 is 0. The van der Waals surface area contributed by atoms with Crippen molar-refractivity contribution in [1.82, 2.24) is 0 Å². The van der Waals surface area contributed by atoms with Gasteiger partial charge in [-0.2, -0.15) is 0 Å². The van der Waals surface area contributed by atoms with Crippen molar-refractivity contribution in [2.75, 3.05) is 13.2 Å². The second-order valence-electron chi connectivity index (χ2n) is 8.20. The summed E-state index contributed by atoms with van der Waals surface area (Å²) in [7, 11) is 0. The third-order valence-corrected chi connectivity index (χ3v) is 5.85. The predicted octanol–water partition coefficient (Wildman–Crippen LogP) is 7.20. The smallest absolute Gasteiger partial charge is 0.122 e. The minimum Gasteiger partial charge on any atom is -0.493 e. The molecule has 6 bridgehead atoms. The Morgan fingerprint density at radius 1 is 0.517 bits per heavy atom. The van der Waals surface area contributed by atoms with Gasteiger partial charge >= 0.3 is 0 Å². The molecule has 0 unspecified atom stereocenters. The molecule has 0 aromatic heterocycles. The van der Waals surface area contributed by atoms with E-state index in [0.717, 1.165) is 44.0 Å². The maximum absolute atomic E-state index is 6.13. The molecule has 0 amide bonds. The lowest BCUT2D eigenvalue weighted by Gasteiger charge is -2.15. The van der Waals surface area contributed by atoms with Gasteiger partial charge in [0.1, 0.15) is 11.5 Å². The molecule has 2 aliphatic rings. The van der Waals surface area contributed by atoms with Crippen LogP contribution in [-0.4, -0.2) is 13.2 Å². The highest BCUT2D eigenvalue weighted by Crippen LogP contribution is 2.35. The first-order valence-electron chi connectivity index (χ1n) is 10.6. The van der Waals surface area contributed by atoms with Crippen LogP contribution in [0.5, 0.6) is 11.5 Å². The summed E-state index contributed by atoms with van der Waals surface area (Å²) < 4.78 is 12.3. The fourth-order valence-corrected chi connectivity index (χ4v) is 4.17. The first-order valence-corrected chi connectivity index (χ1v) is 10.6. The zero-order chi connectivity index (χ0) is 20.4. The van der Waals surface area contributed by atoms with Crippen LogP contribution in [0.2, 0.25) is 0 Å². The molecule has 5 rings (SSSR count). The van der Waals surface area contributed by atoms with Crippen LogP contribution in [0.1, 0.15) is 41.5 Å². The summed E-state index contributed by atoms with van der Waals surface area (Å²) in [6.07, 6.45) is 3.18. The quantitative estimate of drug-likeness (QED) is 0.407. The van der Waals surface area contributed by atoms with Crippen LogP contribution in [0.4, 0.5) is 0 Å². The lowest BCUT2D eigenvalue weighted by atomic mass is 9.94. The molecule has 2 nitrogen and oxygen atoms in total. The molecule has 2 aliphatic heterocycles. The minimum absolute atomic E-state index is 0.746. The van der Waals surface area contributed by atoms with Crippen molar-refractivity contribution in [3.8, 4) is 33.8 Å². The molecule has 2 heterocycles. The van der Waals surface area contributed by atoms with Gasteiger partial charge in [0.15, 0.2) is 0 Å². The maximum Gasteiger partial charge on any atom is 0.122 e. The minimum atomic E-state index is 0.746. The summed E-state index contributed by atoms with van der Waals surface area (Å²) in [6, 6.07) is 17.7. The van der Waals surface area contributed by atoms with E-state index in [1.54, 1.807) is 0 Å². The third-order valence-electron chi connectivity index (χ3n) is 5.85. The number of benzene rings is 3. The Kier molecular flexibility index (Phi) is 5.62. The molecule has 2 heteroatoms. The van der Waals surface area contributed by atoms with Gasteiger partial charge in [0, 0.05) is 0 Å². The van der Waals surface area contributed by atoms with E-state index < -0.39 is 0 Å². The summed E-state index contributed by atoms with van der Waals surface area (Å²) in [5.74, 6) is 1.99. The first kappa shape index (κ1) is 19.6. The molecule has 3 aromatic carbocycles. The van der Waals surface area contributed by atoms with Crippen molar-refractivity contribution >= 4 is 0 Å². The van der Waals surface area contributed by atoms with Crippen molar-refractivity contribution in [2.45, 2.75) is 47.0 Å². The zero-order valence-corrected chi connectivity index (χ0v) is 18.0. The Labute approximate surface area is 174 Å². The molecule has 0 radical (unpaired) electrons. The molecule has 0 N–H and O–H groups in total. The zero-order valence-electron chi connectivity index (χ0n) is 18.0. The largest absolute Gasteiger partial charge is 0.493 e. The normalized spacial score (nSPS) is 14.1. The summed E-state index contributed by atoms with van der Waals surface area (Å²) in [5, 5.41) is 0. The van der Waals surface area contributed by atoms with Crippen LogP contribution in [0.25, 0.3) is 22.3 Å². The number of aryl methyl sites for hydroxylation is 4. The molecule has 0 spiro atoms. The van der Waals surface area contributed by atoms with Crippen LogP contribution in [-0.2, 0) is 0 Å². The van der Waals surface area contributed by atoms with Gasteiger partial charge in [0.2, 0.25) is 0 Å². The van der Waals surface area contributed by atoms with E-state index >= 15 is 0 Å². The van der Waals surface area contributed by atoms with Crippen molar-refractivity contribution < 1.29 is 9.47 Å². The Bertz CT molecular complexity index is 933. The second-order valence-corrected chi connectivity index (χ2v) is 8.20. The van der Waals surface area contributed by atoms with Gasteiger partial charge in [-0.05, 0) is 104 Å². The fraction of sp³-hybridized carbons (Fsp3) is 0.333. The lowest BCUT2D eigenvalue weighted by Crippen LogP contribution is -2.03. The third kappa shape index (κ3) is 4.17. The van der Waals surface area contributed by atoms with Gasteiger partial charge < -0.3 is 9.47 Å². The monoisotopic (exact) mass is 386 g/mol. The summed E-state index contributed by atoms with van der Waals surface area (Å²) in [5.41, 5.74) is 9.89. The Morgan fingerprint density at radius 3 is 1.34 bits per heavy atom. The Balaban J connectivity index is 1.79. The molecule has 0 atom stereocenters. The number of rotatable bonds is 0.